The Morgan fingerprint density at radius 3 is 2.56 bits per heavy atom. The van der Waals surface area contributed by atoms with Crippen LogP contribution in [0.15, 0.2) is 12.1 Å². The van der Waals surface area contributed by atoms with Gasteiger partial charge in [-0.3, -0.25) is 19.7 Å². The Labute approximate surface area is 168 Å². The van der Waals surface area contributed by atoms with Crippen molar-refractivity contribution < 1.29 is 19.1 Å². The van der Waals surface area contributed by atoms with E-state index < -0.39 is 0 Å². The second-order valence-electron chi connectivity index (χ2n) is 7.03. The number of nitrogens with zero attached hydrogens (tertiary/aromatic N) is 1. The van der Waals surface area contributed by atoms with E-state index in [9.17, 15) is 14.4 Å². The molecule has 2 aliphatic heterocycles. The van der Waals surface area contributed by atoms with Gasteiger partial charge in [-0.1, -0.05) is 23.2 Å². The van der Waals surface area contributed by atoms with Crippen LogP contribution in [0.1, 0.15) is 43.6 Å². The number of carbonyl (C=O) groups excluding carboxylic acids is 3. The van der Waals surface area contributed by atoms with Gasteiger partial charge in [0.25, 0.3) is 0 Å². The van der Waals surface area contributed by atoms with Gasteiger partial charge in [-0.05, 0) is 42.9 Å². The second kappa shape index (κ2) is 8.48. The summed E-state index contributed by atoms with van der Waals surface area (Å²) < 4.78 is 5.28. The summed E-state index contributed by atoms with van der Waals surface area (Å²) in [6, 6.07) is 3.77. The third-order valence-corrected chi connectivity index (χ3v) is 6.11. The predicted octanol–water partition coefficient (Wildman–Crippen LogP) is 3.15. The van der Waals surface area contributed by atoms with Crippen molar-refractivity contribution in [3.8, 4) is 5.75 Å². The first-order chi connectivity index (χ1) is 12.9. The molecule has 2 aliphatic rings. The third kappa shape index (κ3) is 4.55. The van der Waals surface area contributed by atoms with Crippen LogP contribution in [-0.4, -0.2) is 42.8 Å². The molecule has 0 bridgehead atoms. The standard InChI is InChI=1S/C19H22Cl2N2O4/c1-27-15-9-13(8-14(20)18(15)21)11-4-6-23(7-5-11)17(25)3-2-12-10-16(24)22-19(12)26/h8-9,11-12H,2-7,10H2,1H3,(H,22,24,26)/t12-/m0/s1. The third-order valence-electron chi connectivity index (χ3n) is 5.33. The topological polar surface area (TPSA) is 75.7 Å². The number of amides is 3. The highest BCUT2D eigenvalue weighted by molar-refractivity contribution is 6.43. The fourth-order valence-corrected chi connectivity index (χ4v) is 4.13. The fourth-order valence-electron chi connectivity index (χ4n) is 3.73. The second-order valence-corrected chi connectivity index (χ2v) is 7.81. The van der Waals surface area contributed by atoms with Gasteiger partial charge >= 0.3 is 0 Å². The number of imide groups is 1. The first-order valence-corrected chi connectivity index (χ1v) is 9.79. The summed E-state index contributed by atoms with van der Waals surface area (Å²) in [5.74, 6) is -0.0108. The predicted molar refractivity (Wildman–Crippen MR) is 102 cm³/mol. The molecule has 1 aromatic carbocycles. The summed E-state index contributed by atoms with van der Waals surface area (Å²) in [6.07, 6.45) is 2.55. The zero-order valence-electron chi connectivity index (χ0n) is 15.1. The van der Waals surface area contributed by atoms with Gasteiger partial charge in [-0.25, -0.2) is 0 Å². The Kier molecular flexibility index (Phi) is 6.27. The zero-order valence-corrected chi connectivity index (χ0v) is 16.6. The van der Waals surface area contributed by atoms with E-state index in [0.717, 1.165) is 18.4 Å². The number of rotatable bonds is 5. The van der Waals surface area contributed by atoms with Crippen LogP contribution in [0.3, 0.4) is 0 Å². The minimum absolute atomic E-state index is 0.0346. The number of hydrogen-bond acceptors (Lipinski definition) is 4. The number of piperidine rings is 1. The van der Waals surface area contributed by atoms with Crippen molar-refractivity contribution in [2.45, 2.75) is 38.0 Å². The molecule has 1 atom stereocenters. The van der Waals surface area contributed by atoms with Gasteiger partial charge in [0.2, 0.25) is 17.7 Å². The molecule has 0 spiro atoms. The molecule has 2 heterocycles. The number of likely N-dealkylation sites (tertiary alicyclic amines) is 1. The normalized spacial score (nSPS) is 20.7. The number of carbonyl (C=O) groups is 3. The highest BCUT2D eigenvalue weighted by Crippen LogP contribution is 2.38. The van der Waals surface area contributed by atoms with Crippen LogP contribution in [0.25, 0.3) is 0 Å². The van der Waals surface area contributed by atoms with Crippen molar-refractivity contribution in [2.75, 3.05) is 20.2 Å². The van der Waals surface area contributed by atoms with Crippen LogP contribution in [0.2, 0.25) is 10.0 Å². The average Bonchev–Trinajstić information content (AvgIpc) is 2.99. The lowest BCUT2D eigenvalue weighted by atomic mass is 9.89. The quantitative estimate of drug-likeness (QED) is 0.753. The number of benzene rings is 1. The van der Waals surface area contributed by atoms with Crippen LogP contribution < -0.4 is 10.1 Å². The largest absolute Gasteiger partial charge is 0.495 e. The Hall–Kier alpha value is -1.79. The van der Waals surface area contributed by atoms with Crippen molar-refractivity contribution in [2.24, 2.45) is 5.92 Å². The number of hydrogen-bond donors (Lipinski definition) is 1. The average molecular weight is 413 g/mol. The first kappa shape index (κ1) is 20.0. The maximum atomic E-state index is 12.4. The molecule has 3 rings (SSSR count). The molecular weight excluding hydrogens is 391 g/mol. The highest BCUT2D eigenvalue weighted by atomic mass is 35.5. The number of ether oxygens (including phenoxy) is 1. The molecule has 0 saturated carbocycles. The number of nitrogens with one attached hydrogen (secondary N) is 1. The van der Waals surface area contributed by atoms with Crippen LogP contribution in [0.5, 0.6) is 5.75 Å². The lowest BCUT2D eigenvalue weighted by molar-refractivity contribution is -0.132. The van der Waals surface area contributed by atoms with Crippen LogP contribution in [0, 0.1) is 5.92 Å². The Morgan fingerprint density at radius 1 is 1.26 bits per heavy atom. The highest BCUT2D eigenvalue weighted by Gasteiger charge is 2.31. The molecule has 0 radical (unpaired) electrons. The molecule has 6 nitrogen and oxygen atoms in total. The van der Waals surface area contributed by atoms with Gasteiger partial charge < -0.3 is 9.64 Å². The van der Waals surface area contributed by atoms with Crippen LogP contribution >= 0.6 is 23.2 Å². The van der Waals surface area contributed by atoms with Crippen molar-refractivity contribution in [3.63, 3.8) is 0 Å². The van der Waals surface area contributed by atoms with E-state index in [1.54, 1.807) is 7.11 Å². The van der Waals surface area contributed by atoms with E-state index in [0.29, 0.717) is 35.3 Å². The minimum atomic E-state index is -0.373. The van der Waals surface area contributed by atoms with Gasteiger partial charge in [0, 0.05) is 31.8 Å². The first-order valence-electron chi connectivity index (χ1n) is 9.03. The van der Waals surface area contributed by atoms with Crippen LogP contribution in [0.4, 0.5) is 0 Å². The van der Waals surface area contributed by atoms with Gasteiger partial charge in [0.05, 0.1) is 12.1 Å². The van der Waals surface area contributed by atoms with Gasteiger partial charge in [0.1, 0.15) is 10.8 Å². The smallest absolute Gasteiger partial charge is 0.230 e. The molecule has 0 unspecified atom stereocenters. The summed E-state index contributed by atoms with van der Waals surface area (Å²) in [6.45, 7) is 1.31. The maximum Gasteiger partial charge on any atom is 0.230 e. The van der Waals surface area contributed by atoms with Crippen molar-refractivity contribution in [1.82, 2.24) is 10.2 Å². The lowest BCUT2D eigenvalue weighted by Gasteiger charge is -2.32. The number of halogens is 2. The van der Waals surface area contributed by atoms with Gasteiger partial charge in [-0.15, -0.1) is 0 Å². The molecule has 2 saturated heterocycles. The molecule has 1 aromatic rings. The molecule has 0 aliphatic carbocycles. The Morgan fingerprint density at radius 2 is 1.96 bits per heavy atom. The zero-order chi connectivity index (χ0) is 19.6. The molecular formula is C19H22Cl2N2O4. The van der Waals surface area contributed by atoms with E-state index in [-0.39, 0.29) is 42.4 Å². The maximum absolute atomic E-state index is 12.4. The van der Waals surface area contributed by atoms with E-state index in [2.05, 4.69) is 5.32 Å². The summed E-state index contributed by atoms with van der Waals surface area (Å²) >= 11 is 12.3. The molecule has 3 amide bonds. The molecule has 27 heavy (non-hydrogen) atoms. The van der Waals surface area contributed by atoms with Gasteiger partial charge in [-0.2, -0.15) is 0 Å². The van der Waals surface area contributed by atoms with Gasteiger partial charge in [0.15, 0.2) is 0 Å². The monoisotopic (exact) mass is 412 g/mol. The van der Waals surface area contributed by atoms with Crippen molar-refractivity contribution >= 4 is 40.9 Å². The van der Waals surface area contributed by atoms with Crippen LogP contribution in [-0.2, 0) is 14.4 Å². The summed E-state index contributed by atoms with van der Waals surface area (Å²) in [7, 11) is 1.56. The molecule has 146 valence electrons. The summed E-state index contributed by atoms with van der Waals surface area (Å²) in [5, 5.41) is 3.15. The fraction of sp³-hybridized carbons (Fsp3) is 0.526. The summed E-state index contributed by atoms with van der Waals surface area (Å²) in [4.78, 5) is 37.1. The van der Waals surface area contributed by atoms with Crippen molar-refractivity contribution in [3.05, 3.63) is 27.7 Å². The Bertz CT molecular complexity index is 760. The van der Waals surface area contributed by atoms with Crippen molar-refractivity contribution in [1.29, 1.82) is 0 Å². The minimum Gasteiger partial charge on any atom is -0.495 e. The molecule has 1 N–H and O–H groups in total. The van der Waals surface area contributed by atoms with E-state index >= 15 is 0 Å². The molecule has 0 aromatic heterocycles. The lowest BCUT2D eigenvalue weighted by Crippen LogP contribution is -2.38. The molecule has 8 heteroatoms. The summed E-state index contributed by atoms with van der Waals surface area (Å²) in [5.41, 5.74) is 1.06. The number of methoxy groups -OCH3 is 1. The SMILES string of the molecule is COc1cc(C2CCN(C(=O)CC[C@H]3CC(=O)NC3=O)CC2)cc(Cl)c1Cl. The molecule has 2 fully saturated rings. The van der Waals surface area contributed by atoms with E-state index in [4.69, 9.17) is 27.9 Å². The Balaban J connectivity index is 1.53. The van der Waals surface area contributed by atoms with E-state index in [1.807, 2.05) is 17.0 Å². The van der Waals surface area contributed by atoms with E-state index in [1.165, 1.54) is 0 Å².